The summed E-state index contributed by atoms with van der Waals surface area (Å²) in [7, 11) is 0. The van der Waals surface area contributed by atoms with Gasteiger partial charge in [0.25, 0.3) is 0 Å². The maximum atomic E-state index is 12.1. The zero-order valence-electron chi connectivity index (χ0n) is 10.2. The standard InChI is InChI=1S/C14H22O/c1-6-7-12(15)13-10(2)8-9-11(3)14(13,4)5/h6,10,13H,1,3,7-9H2,2,4-5H3. The van der Waals surface area contributed by atoms with Crippen LogP contribution in [0.3, 0.4) is 0 Å². The lowest BCUT2D eigenvalue weighted by Gasteiger charge is -2.43. The average Bonchev–Trinajstić information content (AvgIpc) is 2.12. The third-order valence-corrected chi connectivity index (χ3v) is 3.85. The summed E-state index contributed by atoms with van der Waals surface area (Å²) in [6, 6.07) is 0. The number of ketones is 1. The number of hydrogen-bond acceptors (Lipinski definition) is 1. The first-order chi connectivity index (χ1) is 6.91. The van der Waals surface area contributed by atoms with Crippen LogP contribution < -0.4 is 0 Å². The summed E-state index contributed by atoms with van der Waals surface area (Å²) >= 11 is 0. The van der Waals surface area contributed by atoms with Crippen molar-refractivity contribution in [2.24, 2.45) is 17.3 Å². The van der Waals surface area contributed by atoms with Crippen LogP contribution in [0, 0.1) is 17.3 Å². The Bertz CT molecular complexity index is 286. The van der Waals surface area contributed by atoms with Gasteiger partial charge in [-0.05, 0) is 24.2 Å². The van der Waals surface area contributed by atoms with Gasteiger partial charge in [-0.2, -0.15) is 0 Å². The lowest BCUT2D eigenvalue weighted by molar-refractivity contribution is -0.127. The largest absolute Gasteiger partial charge is 0.299 e. The van der Waals surface area contributed by atoms with E-state index < -0.39 is 0 Å². The molecule has 1 fully saturated rings. The third-order valence-electron chi connectivity index (χ3n) is 3.85. The Morgan fingerprint density at radius 3 is 2.73 bits per heavy atom. The van der Waals surface area contributed by atoms with Gasteiger partial charge in [-0.25, -0.2) is 0 Å². The molecular formula is C14H22O. The van der Waals surface area contributed by atoms with Crippen molar-refractivity contribution in [2.75, 3.05) is 0 Å². The van der Waals surface area contributed by atoms with Crippen LogP contribution in [-0.4, -0.2) is 5.78 Å². The Morgan fingerprint density at radius 2 is 2.20 bits per heavy atom. The summed E-state index contributed by atoms with van der Waals surface area (Å²) in [5.41, 5.74) is 1.18. The van der Waals surface area contributed by atoms with Gasteiger partial charge in [0.2, 0.25) is 0 Å². The molecule has 1 heteroatoms. The highest BCUT2D eigenvalue weighted by atomic mass is 16.1. The van der Waals surface area contributed by atoms with Crippen molar-refractivity contribution in [3.63, 3.8) is 0 Å². The van der Waals surface area contributed by atoms with Gasteiger partial charge in [0, 0.05) is 12.3 Å². The van der Waals surface area contributed by atoms with Crippen molar-refractivity contribution < 1.29 is 4.79 Å². The molecule has 1 aliphatic carbocycles. The van der Waals surface area contributed by atoms with Gasteiger partial charge in [0.05, 0.1) is 0 Å². The van der Waals surface area contributed by atoms with E-state index in [2.05, 4.69) is 33.9 Å². The van der Waals surface area contributed by atoms with Gasteiger partial charge < -0.3 is 0 Å². The summed E-state index contributed by atoms with van der Waals surface area (Å²) in [6.07, 6.45) is 4.36. The first-order valence-corrected chi connectivity index (χ1v) is 5.73. The molecule has 0 aliphatic heterocycles. The summed E-state index contributed by atoms with van der Waals surface area (Å²) in [5, 5.41) is 0. The molecule has 84 valence electrons. The Kier molecular flexibility index (Phi) is 3.54. The van der Waals surface area contributed by atoms with Gasteiger partial charge in [0.15, 0.2) is 0 Å². The van der Waals surface area contributed by atoms with Crippen LogP contribution in [-0.2, 0) is 4.79 Å². The molecule has 1 saturated carbocycles. The molecule has 0 radical (unpaired) electrons. The maximum absolute atomic E-state index is 12.1. The topological polar surface area (TPSA) is 17.1 Å². The molecule has 1 rings (SSSR count). The first kappa shape index (κ1) is 12.2. The molecule has 2 atom stereocenters. The fraction of sp³-hybridized carbons (Fsp3) is 0.643. The lowest BCUT2D eigenvalue weighted by Crippen LogP contribution is -2.40. The zero-order valence-corrected chi connectivity index (χ0v) is 10.2. The molecule has 1 nitrogen and oxygen atoms in total. The SMILES string of the molecule is C=CCC(=O)C1C(C)CCC(=C)C1(C)C. The van der Waals surface area contributed by atoms with Crippen molar-refractivity contribution in [3.8, 4) is 0 Å². The highest BCUT2D eigenvalue weighted by molar-refractivity contribution is 5.84. The number of carbonyl (C=O) groups excluding carboxylic acids is 1. The van der Waals surface area contributed by atoms with E-state index in [1.165, 1.54) is 5.57 Å². The Labute approximate surface area is 93.3 Å². The van der Waals surface area contributed by atoms with Gasteiger partial charge in [-0.15, -0.1) is 6.58 Å². The fourth-order valence-corrected chi connectivity index (χ4v) is 2.81. The van der Waals surface area contributed by atoms with E-state index in [1.54, 1.807) is 6.08 Å². The number of rotatable bonds is 3. The highest BCUT2D eigenvalue weighted by Gasteiger charge is 2.42. The van der Waals surface area contributed by atoms with E-state index >= 15 is 0 Å². The normalized spacial score (nSPS) is 29.9. The van der Waals surface area contributed by atoms with Crippen LogP contribution >= 0.6 is 0 Å². The molecule has 0 aromatic rings. The second kappa shape index (κ2) is 4.34. The summed E-state index contributed by atoms with van der Waals surface area (Å²) in [5.74, 6) is 0.915. The van der Waals surface area contributed by atoms with Gasteiger partial charge in [-0.1, -0.05) is 39.0 Å². The van der Waals surface area contributed by atoms with E-state index in [1.807, 2.05) is 0 Å². The van der Waals surface area contributed by atoms with E-state index in [9.17, 15) is 4.79 Å². The minimum absolute atomic E-state index is 0.0439. The molecule has 2 unspecified atom stereocenters. The molecule has 0 spiro atoms. The van der Waals surface area contributed by atoms with Gasteiger partial charge in [0.1, 0.15) is 5.78 Å². The zero-order chi connectivity index (χ0) is 11.6. The van der Waals surface area contributed by atoms with Crippen molar-refractivity contribution in [2.45, 2.75) is 40.0 Å². The van der Waals surface area contributed by atoms with Gasteiger partial charge >= 0.3 is 0 Å². The molecule has 0 aromatic carbocycles. The van der Waals surface area contributed by atoms with Crippen LogP contribution in [0.1, 0.15) is 40.0 Å². The quantitative estimate of drug-likeness (QED) is 0.643. The Balaban J connectivity index is 2.94. The predicted molar refractivity (Wildman–Crippen MR) is 64.6 cm³/mol. The fourth-order valence-electron chi connectivity index (χ4n) is 2.81. The summed E-state index contributed by atoms with van der Waals surface area (Å²) in [4.78, 5) is 12.1. The van der Waals surface area contributed by atoms with Crippen molar-refractivity contribution in [1.29, 1.82) is 0 Å². The molecule has 0 heterocycles. The van der Waals surface area contributed by atoms with Crippen LogP contribution in [0.15, 0.2) is 24.8 Å². The van der Waals surface area contributed by atoms with E-state index in [-0.39, 0.29) is 11.3 Å². The van der Waals surface area contributed by atoms with Crippen molar-refractivity contribution >= 4 is 5.78 Å². The number of Topliss-reactive ketones (excluding diaryl/α,β-unsaturated/α-hetero) is 1. The van der Waals surface area contributed by atoms with E-state index in [4.69, 9.17) is 0 Å². The van der Waals surface area contributed by atoms with E-state index in [0.717, 1.165) is 12.8 Å². The monoisotopic (exact) mass is 206 g/mol. The Hall–Kier alpha value is -0.850. The van der Waals surface area contributed by atoms with Crippen molar-refractivity contribution in [1.82, 2.24) is 0 Å². The molecular weight excluding hydrogens is 184 g/mol. The predicted octanol–water partition coefficient (Wildman–Crippen LogP) is 3.76. The second-order valence-corrected chi connectivity index (χ2v) is 5.28. The molecule has 15 heavy (non-hydrogen) atoms. The summed E-state index contributed by atoms with van der Waals surface area (Å²) < 4.78 is 0. The summed E-state index contributed by atoms with van der Waals surface area (Å²) in [6.45, 7) is 14.2. The van der Waals surface area contributed by atoms with Crippen LogP contribution in [0.2, 0.25) is 0 Å². The highest BCUT2D eigenvalue weighted by Crippen LogP contribution is 2.47. The minimum Gasteiger partial charge on any atom is -0.299 e. The third kappa shape index (κ3) is 2.22. The van der Waals surface area contributed by atoms with Crippen LogP contribution in [0.4, 0.5) is 0 Å². The minimum atomic E-state index is -0.0439. The Morgan fingerprint density at radius 1 is 1.60 bits per heavy atom. The van der Waals surface area contributed by atoms with Crippen LogP contribution in [0.25, 0.3) is 0 Å². The van der Waals surface area contributed by atoms with Crippen molar-refractivity contribution in [3.05, 3.63) is 24.8 Å². The molecule has 0 bridgehead atoms. The molecule has 0 amide bonds. The molecule has 0 saturated heterocycles. The molecule has 0 N–H and O–H groups in total. The average molecular weight is 206 g/mol. The van der Waals surface area contributed by atoms with Gasteiger partial charge in [-0.3, -0.25) is 4.79 Å². The number of hydrogen-bond donors (Lipinski definition) is 0. The number of carbonyl (C=O) groups is 1. The molecule has 1 aliphatic rings. The lowest BCUT2D eigenvalue weighted by atomic mass is 9.60. The van der Waals surface area contributed by atoms with E-state index in [0.29, 0.717) is 18.1 Å². The first-order valence-electron chi connectivity index (χ1n) is 5.73. The molecule has 0 aromatic heterocycles. The second-order valence-electron chi connectivity index (χ2n) is 5.28. The van der Waals surface area contributed by atoms with Crippen LogP contribution in [0.5, 0.6) is 0 Å². The smallest absolute Gasteiger partial charge is 0.140 e. The number of allylic oxidation sites excluding steroid dienone is 2. The maximum Gasteiger partial charge on any atom is 0.140 e.